The number of halogens is 2. The number of hydrogen-bond acceptors (Lipinski definition) is 2. The third-order valence-corrected chi connectivity index (χ3v) is 3.50. The van der Waals surface area contributed by atoms with Crippen molar-refractivity contribution in [2.45, 2.75) is 12.5 Å². The van der Waals surface area contributed by atoms with Crippen molar-refractivity contribution in [3.05, 3.63) is 71.7 Å². The van der Waals surface area contributed by atoms with E-state index in [1.54, 1.807) is 12.1 Å². The molecule has 3 aromatic rings. The summed E-state index contributed by atoms with van der Waals surface area (Å²) in [5, 5.41) is 1.06. The summed E-state index contributed by atoms with van der Waals surface area (Å²) in [5.74, 6) is -0.00508. The summed E-state index contributed by atoms with van der Waals surface area (Å²) in [6, 6.07) is 16.4. The van der Waals surface area contributed by atoms with Crippen LogP contribution in [-0.4, -0.2) is 4.98 Å². The highest BCUT2D eigenvalue weighted by Crippen LogP contribution is 2.25. The van der Waals surface area contributed by atoms with Crippen molar-refractivity contribution in [2.24, 2.45) is 0 Å². The number of pyridine rings is 1. The van der Waals surface area contributed by atoms with Crippen LogP contribution in [0.2, 0.25) is 0 Å². The van der Waals surface area contributed by atoms with Gasteiger partial charge in [0.25, 0.3) is 0 Å². The fourth-order valence-electron chi connectivity index (χ4n) is 2.16. The summed E-state index contributed by atoms with van der Waals surface area (Å²) in [7, 11) is 0. The number of nitrogens with zero attached hydrogens (tertiary/aromatic N) is 1. The molecule has 0 bridgehead atoms. The van der Waals surface area contributed by atoms with Gasteiger partial charge in [0.05, 0.1) is 17.1 Å². The van der Waals surface area contributed by atoms with Crippen LogP contribution < -0.4 is 4.74 Å². The normalized spacial score (nSPS) is 10.8. The van der Waals surface area contributed by atoms with Crippen molar-refractivity contribution in [3.63, 3.8) is 0 Å². The number of rotatable bonds is 4. The fraction of sp³-hybridized carbons (Fsp3) is 0.118. The van der Waals surface area contributed by atoms with E-state index in [1.165, 1.54) is 6.07 Å². The standard InChI is InChI=1S/C17H13ClFNO/c18-10-13-5-3-6-15(19)17(13)21-11-14-9-8-12-4-1-2-7-16(12)20-14/h1-9H,10-11H2. The Morgan fingerprint density at radius 2 is 1.86 bits per heavy atom. The maximum absolute atomic E-state index is 13.8. The number of alkyl halides is 1. The Bertz CT molecular complexity index is 776. The van der Waals surface area contributed by atoms with Crippen molar-refractivity contribution in [1.82, 2.24) is 4.98 Å². The highest BCUT2D eigenvalue weighted by atomic mass is 35.5. The first-order chi connectivity index (χ1) is 10.3. The molecule has 0 aliphatic heterocycles. The Balaban J connectivity index is 1.83. The van der Waals surface area contributed by atoms with Gasteiger partial charge in [-0.3, -0.25) is 0 Å². The van der Waals surface area contributed by atoms with E-state index in [0.717, 1.165) is 16.6 Å². The van der Waals surface area contributed by atoms with Crippen LogP contribution in [0.4, 0.5) is 4.39 Å². The SMILES string of the molecule is Fc1cccc(CCl)c1OCc1ccc2ccccc2n1. The van der Waals surface area contributed by atoms with Crippen molar-refractivity contribution in [1.29, 1.82) is 0 Å². The lowest BCUT2D eigenvalue weighted by Gasteiger charge is -2.11. The molecule has 0 spiro atoms. The average molecular weight is 302 g/mol. The van der Waals surface area contributed by atoms with Crippen LogP contribution in [0.25, 0.3) is 10.9 Å². The van der Waals surface area contributed by atoms with E-state index in [4.69, 9.17) is 16.3 Å². The van der Waals surface area contributed by atoms with Gasteiger partial charge in [-0.05, 0) is 18.2 Å². The minimum atomic E-state index is -0.408. The van der Waals surface area contributed by atoms with Gasteiger partial charge < -0.3 is 4.74 Å². The zero-order valence-electron chi connectivity index (χ0n) is 11.2. The van der Waals surface area contributed by atoms with Gasteiger partial charge in [0.2, 0.25) is 0 Å². The second-order valence-corrected chi connectivity index (χ2v) is 4.91. The largest absolute Gasteiger partial charge is 0.484 e. The second kappa shape index (κ2) is 6.10. The highest BCUT2D eigenvalue weighted by molar-refractivity contribution is 6.17. The lowest BCUT2D eigenvalue weighted by Crippen LogP contribution is -2.02. The van der Waals surface area contributed by atoms with Crippen LogP contribution in [0, 0.1) is 5.82 Å². The number of hydrogen-bond donors (Lipinski definition) is 0. The van der Waals surface area contributed by atoms with Gasteiger partial charge in [-0.2, -0.15) is 0 Å². The first kappa shape index (κ1) is 13.8. The lowest BCUT2D eigenvalue weighted by atomic mass is 10.2. The Morgan fingerprint density at radius 3 is 2.71 bits per heavy atom. The van der Waals surface area contributed by atoms with Gasteiger partial charge in [0, 0.05) is 10.9 Å². The van der Waals surface area contributed by atoms with Crippen LogP contribution in [0.15, 0.2) is 54.6 Å². The molecule has 106 valence electrons. The summed E-state index contributed by atoms with van der Waals surface area (Å²) in [6.45, 7) is 0.204. The summed E-state index contributed by atoms with van der Waals surface area (Å²) in [6.07, 6.45) is 0. The predicted octanol–water partition coefficient (Wildman–Crippen LogP) is 4.69. The third-order valence-electron chi connectivity index (χ3n) is 3.21. The van der Waals surface area contributed by atoms with E-state index in [-0.39, 0.29) is 18.2 Å². The van der Waals surface area contributed by atoms with Gasteiger partial charge >= 0.3 is 0 Å². The molecule has 0 saturated heterocycles. The van der Waals surface area contributed by atoms with E-state index in [0.29, 0.717) is 5.56 Å². The van der Waals surface area contributed by atoms with Crippen LogP contribution >= 0.6 is 11.6 Å². The van der Waals surface area contributed by atoms with E-state index in [2.05, 4.69) is 4.98 Å². The molecule has 1 aromatic heterocycles. The van der Waals surface area contributed by atoms with Crippen molar-refractivity contribution in [3.8, 4) is 5.75 Å². The van der Waals surface area contributed by atoms with Crippen LogP contribution in [-0.2, 0) is 12.5 Å². The first-order valence-electron chi connectivity index (χ1n) is 6.59. The molecule has 0 unspecified atom stereocenters. The zero-order chi connectivity index (χ0) is 14.7. The lowest BCUT2D eigenvalue weighted by molar-refractivity contribution is 0.284. The Labute approximate surface area is 127 Å². The van der Waals surface area contributed by atoms with Gasteiger partial charge in [0.1, 0.15) is 6.61 Å². The molecule has 0 N–H and O–H groups in total. The third kappa shape index (κ3) is 2.98. The van der Waals surface area contributed by atoms with E-state index >= 15 is 0 Å². The van der Waals surface area contributed by atoms with Crippen molar-refractivity contribution in [2.75, 3.05) is 0 Å². The maximum atomic E-state index is 13.8. The maximum Gasteiger partial charge on any atom is 0.165 e. The first-order valence-corrected chi connectivity index (χ1v) is 7.12. The molecule has 0 saturated carbocycles. The topological polar surface area (TPSA) is 22.1 Å². The highest BCUT2D eigenvalue weighted by Gasteiger charge is 2.09. The fourth-order valence-corrected chi connectivity index (χ4v) is 2.37. The van der Waals surface area contributed by atoms with Crippen LogP contribution in [0.5, 0.6) is 5.75 Å². The molecule has 1 heterocycles. The minimum Gasteiger partial charge on any atom is -0.484 e. The molecule has 0 amide bonds. The second-order valence-electron chi connectivity index (χ2n) is 4.65. The van der Waals surface area contributed by atoms with E-state index in [9.17, 15) is 4.39 Å². The molecule has 2 aromatic carbocycles. The molecule has 0 atom stereocenters. The Kier molecular flexibility index (Phi) is 4.02. The van der Waals surface area contributed by atoms with Crippen molar-refractivity contribution < 1.29 is 9.13 Å². The molecule has 0 aliphatic rings. The molecule has 0 fully saturated rings. The monoisotopic (exact) mass is 301 g/mol. The predicted molar refractivity (Wildman–Crippen MR) is 82.0 cm³/mol. The number of para-hydroxylation sites is 2. The molecule has 0 aliphatic carbocycles. The molecular formula is C17H13ClFNO. The summed E-state index contributed by atoms with van der Waals surface area (Å²) < 4.78 is 19.4. The molecule has 0 radical (unpaired) electrons. The smallest absolute Gasteiger partial charge is 0.165 e. The Hall–Kier alpha value is -2.13. The number of benzene rings is 2. The quantitative estimate of drug-likeness (QED) is 0.652. The number of fused-ring (bicyclic) bond motifs is 1. The van der Waals surface area contributed by atoms with Gasteiger partial charge in [-0.25, -0.2) is 9.37 Å². The van der Waals surface area contributed by atoms with E-state index < -0.39 is 5.82 Å². The molecule has 2 nitrogen and oxygen atoms in total. The molecular weight excluding hydrogens is 289 g/mol. The average Bonchev–Trinajstić information content (AvgIpc) is 2.53. The summed E-state index contributed by atoms with van der Waals surface area (Å²) in [5.41, 5.74) is 2.28. The van der Waals surface area contributed by atoms with E-state index in [1.807, 2.05) is 36.4 Å². The van der Waals surface area contributed by atoms with Gasteiger partial charge in [-0.15, -0.1) is 11.6 Å². The van der Waals surface area contributed by atoms with Crippen LogP contribution in [0.3, 0.4) is 0 Å². The molecule has 4 heteroatoms. The number of aromatic nitrogens is 1. The molecule has 3 rings (SSSR count). The molecule has 21 heavy (non-hydrogen) atoms. The van der Waals surface area contributed by atoms with Gasteiger partial charge in [0.15, 0.2) is 11.6 Å². The Morgan fingerprint density at radius 1 is 1.00 bits per heavy atom. The minimum absolute atomic E-state index is 0.197. The summed E-state index contributed by atoms with van der Waals surface area (Å²) in [4.78, 5) is 4.50. The number of ether oxygens (including phenoxy) is 1. The van der Waals surface area contributed by atoms with Gasteiger partial charge in [-0.1, -0.05) is 36.4 Å². The summed E-state index contributed by atoms with van der Waals surface area (Å²) >= 11 is 5.80. The van der Waals surface area contributed by atoms with Crippen molar-refractivity contribution >= 4 is 22.5 Å². The zero-order valence-corrected chi connectivity index (χ0v) is 12.0. The van der Waals surface area contributed by atoms with Crippen LogP contribution in [0.1, 0.15) is 11.3 Å².